The molecule has 0 fully saturated rings. The predicted octanol–water partition coefficient (Wildman–Crippen LogP) is 4.51. The lowest BCUT2D eigenvalue weighted by Crippen LogP contribution is -2.30. The van der Waals surface area contributed by atoms with E-state index < -0.39 is 6.10 Å². The molecule has 0 aromatic heterocycles. The van der Waals surface area contributed by atoms with Gasteiger partial charge in [-0.05, 0) is 59.3 Å². The molecule has 5 heteroatoms. The maximum Gasteiger partial charge on any atom is 0.265 e. The molecule has 0 radical (unpaired) electrons. The highest BCUT2D eigenvalue weighted by atomic mass is 79.9. The van der Waals surface area contributed by atoms with Crippen LogP contribution in [-0.2, 0) is 4.79 Å². The molecule has 2 rings (SSSR count). The van der Waals surface area contributed by atoms with Crippen LogP contribution in [0.15, 0.2) is 53.0 Å². The molecular formula is C15H13BrClNO2. The van der Waals surface area contributed by atoms with E-state index in [2.05, 4.69) is 21.2 Å². The number of hydrogen-bond acceptors (Lipinski definition) is 2. The average molecular weight is 355 g/mol. The van der Waals surface area contributed by atoms with Crippen molar-refractivity contribution in [3.63, 3.8) is 0 Å². The van der Waals surface area contributed by atoms with Crippen molar-refractivity contribution in [2.75, 3.05) is 5.32 Å². The fraction of sp³-hybridized carbons (Fsp3) is 0.133. The molecule has 0 bridgehead atoms. The maximum atomic E-state index is 12.0. The summed E-state index contributed by atoms with van der Waals surface area (Å²) in [6.45, 7) is 1.70. The van der Waals surface area contributed by atoms with Crippen molar-refractivity contribution in [2.24, 2.45) is 0 Å². The van der Waals surface area contributed by atoms with E-state index in [4.69, 9.17) is 16.3 Å². The first kappa shape index (κ1) is 14.9. The Morgan fingerprint density at radius 3 is 2.50 bits per heavy atom. The van der Waals surface area contributed by atoms with Gasteiger partial charge in [-0.3, -0.25) is 4.79 Å². The minimum atomic E-state index is -0.607. The Kier molecular flexibility index (Phi) is 5.04. The van der Waals surface area contributed by atoms with Crippen LogP contribution in [0.1, 0.15) is 6.92 Å². The first-order valence-electron chi connectivity index (χ1n) is 6.04. The Morgan fingerprint density at radius 2 is 1.85 bits per heavy atom. The minimum Gasteiger partial charge on any atom is -0.480 e. The number of carbonyl (C=O) groups excluding carboxylic acids is 1. The second-order valence-electron chi connectivity index (χ2n) is 4.19. The Bertz CT molecular complexity index is 601. The molecule has 0 spiro atoms. The fourth-order valence-corrected chi connectivity index (χ4v) is 2.07. The number of para-hydroxylation sites is 1. The summed E-state index contributed by atoms with van der Waals surface area (Å²) < 4.78 is 6.43. The van der Waals surface area contributed by atoms with Gasteiger partial charge in [0.1, 0.15) is 5.75 Å². The number of benzene rings is 2. The number of anilines is 1. The number of ether oxygens (including phenoxy) is 1. The molecule has 1 atom stereocenters. The molecule has 1 N–H and O–H groups in total. The van der Waals surface area contributed by atoms with Crippen LogP contribution >= 0.6 is 27.5 Å². The van der Waals surface area contributed by atoms with Gasteiger partial charge in [0.05, 0.1) is 4.47 Å². The highest BCUT2D eigenvalue weighted by Gasteiger charge is 2.15. The highest BCUT2D eigenvalue weighted by Crippen LogP contribution is 2.25. The lowest BCUT2D eigenvalue weighted by molar-refractivity contribution is -0.122. The fourth-order valence-electron chi connectivity index (χ4n) is 1.56. The molecule has 0 aliphatic carbocycles. The quantitative estimate of drug-likeness (QED) is 0.877. The summed E-state index contributed by atoms with van der Waals surface area (Å²) >= 11 is 9.17. The van der Waals surface area contributed by atoms with Crippen molar-refractivity contribution in [2.45, 2.75) is 13.0 Å². The molecule has 1 amide bonds. The lowest BCUT2D eigenvalue weighted by atomic mass is 10.3. The van der Waals surface area contributed by atoms with Crippen LogP contribution in [0.2, 0.25) is 5.02 Å². The number of nitrogens with one attached hydrogen (secondary N) is 1. The molecule has 104 valence electrons. The van der Waals surface area contributed by atoms with E-state index in [1.807, 2.05) is 18.2 Å². The highest BCUT2D eigenvalue weighted by molar-refractivity contribution is 9.10. The zero-order valence-corrected chi connectivity index (χ0v) is 13.1. The van der Waals surface area contributed by atoms with Crippen molar-refractivity contribution < 1.29 is 9.53 Å². The summed E-state index contributed by atoms with van der Waals surface area (Å²) in [5, 5.41) is 3.40. The average Bonchev–Trinajstić information content (AvgIpc) is 2.44. The molecule has 0 aliphatic heterocycles. The van der Waals surface area contributed by atoms with Crippen molar-refractivity contribution in [1.29, 1.82) is 0 Å². The Hall–Kier alpha value is -1.52. The van der Waals surface area contributed by atoms with Gasteiger partial charge in [-0.25, -0.2) is 0 Å². The van der Waals surface area contributed by atoms with Gasteiger partial charge in [0.15, 0.2) is 6.10 Å². The van der Waals surface area contributed by atoms with E-state index in [0.29, 0.717) is 16.5 Å². The lowest BCUT2D eigenvalue weighted by Gasteiger charge is -2.15. The molecular weight excluding hydrogens is 342 g/mol. The summed E-state index contributed by atoms with van der Waals surface area (Å²) in [7, 11) is 0. The van der Waals surface area contributed by atoms with Crippen LogP contribution in [0, 0.1) is 0 Å². The van der Waals surface area contributed by atoms with Crippen LogP contribution in [0.25, 0.3) is 0 Å². The largest absolute Gasteiger partial charge is 0.480 e. The summed E-state index contributed by atoms with van der Waals surface area (Å²) in [4.78, 5) is 12.0. The molecule has 2 aromatic rings. The van der Waals surface area contributed by atoms with Crippen LogP contribution in [0.4, 0.5) is 5.69 Å². The first-order valence-corrected chi connectivity index (χ1v) is 7.21. The summed E-state index contributed by atoms with van der Waals surface area (Å²) in [6, 6.07) is 14.3. The third-order valence-corrected chi connectivity index (χ3v) is 3.53. The predicted molar refractivity (Wildman–Crippen MR) is 84.3 cm³/mol. The van der Waals surface area contributed by atoms with E-state index in [-0.39, 0.29) is 5.91 Å². The van der Waals surface area contributed by atoms with Gasteiger partial charge in [0, 0.05) is 10.7 Å². The standard InChI is InChI=1S/C15H13BrClNO2/c1-10(20-14-5-3-2-4-13(14)16)15(19)18-12-8-6-11(17)7-9-12/h2-10H,1H3,(H,18,19). The van der Waals surface area contributed by atoms with Gasteiger partial charge in [0.2, 0.25) is 0 Å². The molecule has 0 aliphatic rings. The maximum absolute atomic E-state index is 12.0. The van der Waals surface area contributed by atoms with Crippen LogP contribution in [-0.4, -0.2) is 12.0 Å². The first-order chi connectivity index (χ1) is 9.56. The SMILES string of the molecule is CC(Oc1ccccc1Br)C(=O)Nc1ccc(Cl)cc1. The van der Waals surface area contributed by atoms with Crippen LogP contribution in [0.3, 0.4) is 0 Å². The smallest absolute Gasteiger partial charge is 0.265 e. The Labute approximate surface area is 131 Å². The summed E-state index contributed by atoms with van der Waals surface area (Å²) in [5.41, 5.74) is 0.682. The van der Waals surface area contributed by atoms with Gasteiger partial charge in [0.25, 0.3) is 5.91 Å². The second kappa shape index (κ2) is 6.77. The molecule has 0 saturated heterocycles. The van der Waals surface area contributed by atoms with Gasteiger partial charge < -0.3 is 10.1 Å². The van der Waals surface area contributed by atoms with Crippen LogP contribution in [0.5, 0.6) is 5.75 Å². The normalized spacial score (nSPS) is 11.8. The Morgan fingerprint density at radius 1 is 1.20 bits per heavy atom. The van der Waals surface area contributed by atoms with E-state index in [1.54, 1.807) is 37.3 Å². The number of carbonyl (C=O) groups is 1. The molecule has 2 aromatic carbocycles. The number of rotatable bonds is 4. The van der Waals surface area contributed by atoms with E-state index in [0.717, 1.165) is 4.47 Å². The minimum absolute atomic E-state index is 0.219. The number of hydrogen-bond donors (Lipinski definition) is 1. The third kappa shape index (κ3) is 3.99. The van der Waals surface area contributed by atoms with E-state index in [9.17, 15) is 4.79 Å². The monoisotopic (exact) mass is 353 g/mol. The van der Waals surface area contributed by atoms with Crippen molar-refractivity contribution in [3.05, 3.63) is 58.0 Å². The number of amides is 1. The molecule has 20 heavy (non-hydrogen) atoms. The zero-order valence-electron chi connectivity index (χ0n) is 10.8. The zero-order chi connectivity index (χ0) is 14.5. The van der Waals surface area contributed by atoms with Gasteiger partial charge in [-0.15, -0.1) is 0 Å². The van der Waals surface area contributed by atoms with Crippen LogP contribution < -0.4 is 10.1 Å². The van der Waals surface area contributed by atoms with Gasteiger partial charge >= 0.3 is 0 Å². The van der Waals surface area contributed by atoms with Crippen molar-refractivity contribution in [3.8, 4) is 5.75 Å². The summed E-state index contributed by atoms with van der Waals surface area (Å²) in [5.74, 6) is 0.411. The van der Waals surface area contributed by atoms with Gasteiger partial charge in [-0.1, -0.05) is 23.7 Å². The van der Waals surface area contributed by atoms with E-state index in [1.165, 1.54) is 0 Å². The molecule has 1 unspecified atom stereocenters. The van der Waals surface area contributed by atoms with Crippen molar-refractivity contribution in [1.82, 2.24) is 0 Å². The molecule has 3 nitrogen and oxygen atoms in total. The number of halogens is 2. The molecule has 0 heterocycles. The third-order valence-electron chi connectivity index (χ3n) is 2.62. The topological polar surface area (TPSA) is 38.3 Å². The Balaban J connectivity index is 1.99. The van der Waals surface area contributed by atoms with Crippen molar-refractivity contribution >= 4 is 39.1 Å². The molecule has 0 saturated carbocycles. The second-order valence-corrected chi connectivity index (χ2v) is 5.48. The van der Waals surface area contributed by atoms with E-state index >= 15 is 0 Å². The summed E-state index contributed by atoms with van der Waals surface area (Å²) in [6.07, 6.45) is -0.607. The van der Waals surface area contributed by atoms with Gasteiger partial charge in [-0.2, -0.15) is 0 Å².